The van der Waals surface area contributed by atoms with Crippen molar-refractivity contribution >= 4 is 44.4 Å². The van der Waals surface area contributed by atoms with Gasteiger partial charge in [-0.15, -0.1) is 0 Å². The van der Waals surface area contributed by atoms with Crippen LogP contribution in [-0.4, -0.2) is 35.6 Å². The van der Waals surface area contributed by atoms with Gasteiger partial charge in [0, 0.05) is 21.6 Å². The number of benzene rings is 1. The highest BCUT2D eigenvalue weighted by Crippen LogP contribution is 2.19. The fourth-order valence-electron chi connectivity index (χ4n) is 1.35. The van der Waals surface area contributed by atoms with Gasteiger partial charge in [-0.05, 0) is 47.7 Å². The molecule has 1 amide bonds. The molecule has 0 fully saturated rings. The highest BCUT2D eigenvalue weighted by Gasteiger charge is 2.16. The molecule has 0 bridgehead atoms. The zero-order valence-electron chi connectivity index (χ0n) is 9.08. The van der Waals surface area contributed by atoms with Crippen LogP contribution in [0.3, 0.4) is 0 Å². The second-order valence-electron chi connectivity index (χ2n) is 3.66. The first kappa shape index (κ1) is 13.9. The Morgan fingerprint density at radius 3 is 2.81 bits per heavy atom. The lowest BCUT2D eigenvalue weighted by Crippen LogP contribution is -2.33. The fourth-order valence-corrected chi connectivity index (χ4v) is 2.27. The second-order valence-corrected chi connectivity index (χ2v) is 5.74. The van der Waals surface area contributed by atoms with Gasteiger partial charge in [0.2, 0.25) is 0 Å². The molecule has 1 aromatic carbocycles. The molecule has 1 unspecified atom stereocenters. The highest BCUT2D eigenvalue weighted by atomic mass is 127. The van der Waals surface area contributed by atoms with Crippen molar-refractivity contribution in [1.29, 1.82) is 0 Å². The molecule has 0 heterocycles. The molecule has 3 nitrogen and oxygen atoms in total. The van der Waals surface area contributed by atoms with Gasteiger partial charge in [-0.2, -0.15) is 0 Å². The summed E-state index contributed by atoms with van der Waals surface area (Å²) in [6, 6.07) is 5.57. The molecule has 1 rings (SSSR count). The van der Waals surface area contributed by atoms with Crippen LogP contribution in [0.5, 0.6) is 0 Å². The van der Waals surface area contributed by atoms with Crippen molar-refractivity contribution in [2.75, 3.05) is 13.6 Å². The number of amides is 1. The normalized spacial score (nSPS) is 12.3. The van der Waals surface area contributed by atoms with E-state index in [2.05, 4.69) is 38.5 Å². The Labute approximate surface area is 117 Å². The maximum atomic E-state index is 12.0. The van der Waals surface area contributed by atoms with Crippen LogP contribution in [0.25, 0.3) is 0 Å². The monoisotopic (exact) mass is 397 g/mol. The Kier molecular flexibility index (Phi) is 5.20. The third-order valence-corrected chi connectivity index (χ3v) is 3.48. The van der Waals surface area contributed by atoms with Crippen LogP contribution in [0.2, 0.25) is 0 Å². The number of likely N-dealkylation sites (N-methyl/N-ethyl adjacent to an activating group) is 1. The number of rotatable bonds is 3. The van der Waals surface area contributed by atoms with Crippen molar-refractivity contribution in [3.8, 4) is 0 Å². The topological polar surface area (TPSA) is 40.5 Å². The Morgan fingerprint density at radius 1 is 1.62 bits per heavy atom. The van der Waals surface area contributed by atoms with Gasteiger partial charge in [-0.1, -0.05) is 15.9 Å². The summed E-state index contributed by atoms with van der Waals surface area (Å²) in [5.41, 5.74) is 0.651. The van der Waals surface area contributed by atoms with E-state index in [1.54, 1.807) is 20.0 Å². The summed E-state index contributed by atoms with van der Waals surface area (Å²) >= 11 is 5.47. The highest BCUT2D eigenvalue weighted by molar-refractivity contribution is 14.1. The predicted octanol–water partition coefficient (Wildman–Crippen LogP) is 2.51. The van der Waals surface area contributed by atoms with Crippen LogP contribution >= 0.6 is 38.5 Å². The van der Waals surface area contributed by atoms with Gasteiger partial charge in [0.15, 0.2) is 0 Å². The van der Waals surface area contributed by atoms with Crippen molar-refractivity contribution < 1.29 is 9.90 Å². The zero-order chi connectivity index (χ0) is 12.3. The zero-order valence-corrected chi connectivity index (χ0v) is 12.8. The van der Waals surface area contributed by atoms with Crippen molar-refractivity contribution in [3.63, 3.8) is 0 Å². The van der Waals surface area contributed by atoms with Crippen LogP contribution in [0.15, 0.2) is 22.7 Å². The number of carbonyl (C=O) groups excluding carboxylic acids is 1. The molecule has 0 aromatic heterocycles. The molecule has 0 aliphatic carbocycles. The molecular weight excluding hydrogens is 385 g/mol. The lowest BCUT2D eigenvalue weighted by Gasteiger charge is -2.19. The molecule has 0 aliphatic heterocycles. The minimum Gasteiger partial charge on any atom is -0.392 e. The van der Waals surface area contributed by atoms with Crippen LogP contribution in [0.1, 0.15) is 17.3 Å². The quantitative estimate of drug-likeness (QED) is 0.796. The molecule has 88 valence electrons. The number of hydrogen-bond donors (Lipinski definition) is 1. The molecule has 0 spiro atoms. The average Bonchev–Trinajstić information content (AvgIpc) is 2.19. The third-order valence-electron chi connectivity index (χ3n) is 2.04. The molecule has 0 aliphatic rings. The standard InChI is InChI=1S/C11H13BrINO2/c1-7(15)6-14(2)11(16)9-5-8(12)3-4-10(9)13/h3-5,7,15H,6H2,1-2H3. The fraction of sp³-hybridized carbons (Fsp3) is 0.364. The molecule has 0 saturated carbocycles. The summed E-state index contributed by atoms with van der Waals surface area (Å²) in [6.07, 6.45) is -0.515. The molecular formula is C11H13BrINO2. The van der Waals surface area contributed by atoms with Gasteiger partial charge in [-0.25, -0.2) is 0 Å². The number of hydrogen-bond acceptors (Lipinski definition) is 2. The number of nitrogens with zero attached hydrogens (tertiary/aromatic N) is 1. The van der Waals surface area contributed by atoms with E-state index in [4.69, 9.17) is 0 Å². The summed E-state index contributed by atoms with van der Waals surface area (Å²) in [4.78, 5) is 13.6. The SMILES string of the molecule is CC(O)CN(C)C(=O)c1cc(Br)ccc1I. The molecule has 1 N–H and O–H groups in total. The minimum absolute atomic E-state index is 0.0772. The van der Waals surface area contributed by atoms with Gasteiger partial charge in [0.05, 0.1) is 11.7 Å². The molecule has 1 aromatic rings. The van der Waals surface area contributed by atoms with E-state index < -0.39 is 6.10 Å². The molecule has 1 atom stereocenters. The molecule has 0 saturated heterocycles. The van der Waals surface area contributed by atoms with Crippen LogP contribution in [-0.2, 0) is 0 Å². The maximum absolute atomic E-state index is 12.0. The summed E-state index contributed by atoms with van der Waals surface area (Å²) in [6.45, 7) is 2.00. The van der Waals surface area contributed by atoms with Crippen molar-refractivity contribution in [3.05, 3.63) is 31.8 Å². The van der Waals surface area contributed by atoms with Crippen molar-refractivity contribution in [1.82, 2.24) is 4.90 Å². The number of carbonyl (C=O) groups is 1. The van der Waals surface area contributed by atoms with E-state index in [1.165, 1.54) is 4.90 Å². The Morgan fingerprint density at radius 2 is 2.25 bits per heavy atom. The number of halogens is 2. The summed E-state index contributed by atoms with van der Waals surface area (Å²) in [5.74, 6) is -0.0772. The number of aliphatic hydroxyl groups is 1. The van der Waals surface area contributed by atoms with E-state index >= 15 is 0 Å². The van der Waals surface area contributed by atoms with Gasteiger partial charge in [-0.3, -0.25) is 4.79 Å². The van der Waals surface area contributed by atoms with Crippen LogP contribution in [0.4, 0.5) is 0 Å². The Balaban J connectivity index is 2.91. The maximum Gasteiger partial charge on any atom is 0.254 e. The largest absolute Gasteiger partial charge is 0.392 e. The summed E-state index contributed by atoms with van der Waals surface area (Å²) < 4.78 is 1.78. The molecule has 5 heteroatoms. The third kappa shape index (κ3) is 3.71. The van der Waals surface area contributed by atoms with E-state index in [9.17, 15) is 9.90 Å². The van der Waals surface area contributed by atoms with E-state index in [0.717, 1.165) is 8.04 Å². The first-order valence-corrected chi connectivity index (χ1v) is 6.67. The lowest BCUT2D eigenvalue weighted by atomic mass is 10.2. The Bertz CT molecular complexity index is 396. The van der Waals surface area contributed by atoms with Crippen molar-refractivity contribution in [2.45, 2.75) is 13.0 Å². The second kappa shape index (κ2) is 5.97. The molecule has 0 radical (unpaired) electrons. The minimum atomic E-state index is -0.515. The lowest BCUT2D eigenvalue weighted by molar-refractivity contribution is 0.0702. The number of aliphatic hydroxyl groups excluding tert-OH is 1. The van der Waals surface area contributed by atoms with Crippen molar-refractivity contribution in [2.24, 2.45) is 0 Å². The summed E-state index contributed by atoms with van der Waals surface area (Å²) in [5, 5.41) is 9.24. The molecule has 16 heavy (non-hydrogen) atoms. The smallest absolute Gasteiger partial charge is 0.254 e. The van der Waals surface area contributed by atoms with E-state index in [-0.39, 0.29) is 5.91 Å². The van der Waals surface area contributed by atoms with Gasteiger partial charge < -0.3 is 10.0 Å². The first-order chi connectivity index (χ1) is 7.41. The summed E-state index contributed by atoms with van der Waals surface area (Å²) in [7, 11) is 1.69. The van der Waals surface area contributed by atoms with Crippen LogP contribution in [0, 0.1) is 3.57 Å². The average molecular weight is 398 g/mol. The van der Waals surface area contributed by atoms with Gasteiger partial charge in [0.1, 0.15) is 0 Å². The van der Waals surface area contributed by atoms with E-state index in [1.807, 2.05) is 12.1 Å². The predicted molar refractivity (Wildman–Crippen MR) is 75.5 cm³/mol. The van der Waals surface area contributed by atoms with Crippen LogP contribution < -0.4 is 0 Å². The van der Waals surface area contributed by atoms with E-state index in [0.29, 0.717) is 12.1 Å². The van der Waals surface area contributed by atoms with Gasteiger partial charge >= 0.3 is 0 Å². The Hall–Kier alpha value is -0.140. The first-order valence-electron chi connectivity index (χ1n) is 4.80. The van der Waals surface area contributed by atoms with Gasteiger partial charge in [0.25, 0.3) is 5.91 Å².